The Morgan fingerprint density at radius 3 is 2.56 bits per heavy atom. The lowest BCUT2D eigenvalue weighted by atomic mass is 9.91. The highest BCUT2D eigenvalue weighted by Gasteiger charge is 2.33. The molecule has 1 heterocycles. The van der Waals surface area contributed by atoms with E-state index in [1.54, 1.807) is 0 Å². The molecule has 98 valence electrons. The SMILES string of the molecule is O[C@H]1CCCCC1N1CCC(c2ccccc2)C1. The molecule has 1 aromatic carbocycles. The van der Waals surface area contributed by atoms with Crippen LogP contribution in [0.1, 0.15) is 43.6 Å². The van der Waals surface area contributed by atoms with Crippen LogP contribution in [0.3, 0.4) is 0 Å². The van der Waals surface area contributed by atoms with E-state index < -0.39 is 0 Å². The van der Waals surface area contributed by atoms with Crippen LogP contribution in [0.2, 0.25) is 0 Å². The molecule has 1 N–H and O–H groups in total. The van der Waals surface area contributed by atoms with Crippen molar-refractivity contribution < 1.29 is 5.11 Å². The van der Waals surface area contributed by atoms with Gasteiger partial charge in [0.05, 0.1) is 6.10 Å². The molecular weight excluding hydrogens is 222 g/mol. The van der Waals surface area contributed by atoms with E-state index in [1.807, 2.05) is 0 Å². The average molecular weight is 245 g/mol. The minimum Gasteiger partial charge on any atom is -0.391 e. The van der Waals surface area contributed by atoms with Gasteiger partial charge in [-0.05, 0) is 37.3 Å². The van der Waals surface area contributed by atoms with Gasteiger partial charge in [0, 0.05) is 12.6 Å². The summed E-state index contributed by atoms with van der Waals surface area (Å²) >= 11 is 0. The fourth-order valence-corrected chi connectivity index (χ4v) is 3.60. The Kier molecular flexibility index (Phi) is 3.67. The van der Waals surface area contributed by atoms with Crippen LogP contribution >= 0.6 is 0 Å². The number of hydrogen-bond donors (Lipinski definition) is 1. The molecule has 1 aromatic rings. The Morgan fingerprint density at radius 2 is 1.78 bits per heavy atom. The van der Waals surface area contributed by atoms with Gasteiger partial charge in [-0.25, -0.2) is 0 Å². The zero-order valence-corrected chi connectivity index (χ0v) is 11.0. The van der Waals surface area contributed by atoms with Crippen molar-refractivity contribution >= 4 is 0 Å². The Balaban J connectivity index is 1.64. The predicted molar refractivity (Wildman–Crippen MR) is 73.6 cm³/mol. The maximum atomic E-state index is 10.1. The van der Waals surface area contributed by atoms with Gasteiger partial charge in [0.1, 0.15) is 0 Å². The lowest BCUT2D eigenvalue weighted by Crippen LogP contribution is -2.44. The van der Waals surface area contributed by atoms with Crippen molar-refractivity contribution in [1.82, 2.24) is 4.90 Å². The van der Waals surface area contributed by atoms with Gasteiger partial charge >= 0.3 is 0 Å². The number of nitrogens with zero attached hydrogens (tertiary/aromatic N) is 1. The van der Waals surface area contributed by atoms with E-state index in [0.29, 0.717) is 12.0 Å². The van der Waals surface area contributed by atoms with Crippen molar-refractivity contribution in [2.45, 2.75) is 50.2 Å². The van der Waals surface area contributed by atoms with Crippen molar-refractivity contribution in [3.8, 4) is 0 Å². The summed E-state index contributed by atoms with van der Waals surface area (Å²) < 4.78 is 0. The van der Waals surface area contributed by atoms with E-state index in [-0.39, 0.29) is 6.10 Å². The second-order valence-corrected chi connectivity index (χ2v) is 5.81. The molecule has 1 aliphatic carbocycles. The number of rotatable bonds is 2. The van der Waals surface area contributed by atoms with Gasteiger partial charge in [0.2, 0.25) is 0 Å². The molecule has 3 rings (SSSR count). The Labute approximate surface area is 110 Å². The normalized spacial score (nSPS) is 33.7. The molecule has 0 radical (unpaired) electrons. The number of aliphatic hydroxyl groups is 1. The summed E-state index contributed by atoms with van der Waals surface area (Å²) in [5, 5.41) is 10.1. The van der Waals surface area contributed by atoms with Crippen LogP contribution in [0, 0.1) is 0 Å². The summed E-state index contributed by atoms with van der Waals surface area (Å²) in [6.45, 7) is 2.28. The number of benzene rings is 1. The summed E-state index contributed by atoms with van der Waals surface area (Å²) in [7, 11) is 0. The molecular formula is C16H23NO. The molecule has 2 aliphatic rings. The number of aliphatic hydroxyl groups excluding tert-OH is 1. The van der Waals surface area contributed by atoms with Gasteiger partial charge in [-0.15, -0.1) is 0 Å². The third kappa shape index (κ3) is 2.45. The summed E-state index contributed by atoms with van der Waals surface area (Å²) in [4.78, 5) is 2.53. The lowest BCUT2D eigenvalue weighted by Gasteiger charge is -2.35. The highest BCUT2D eigenvalue weighted by Crippen LogP contribution is 2.32. The van der Waals surface area contributed by atoms with Crippen LogP contribution in [0.25, 0.3) is 0 Å². The van der Waals surface area contributed by atoms with Crippen molar-refractivity contribution in [3.05, 3.63) is 35.9 Å². The summed E-state index contributed by atoms with van der Waals surface area (Å²) in [6.07, 6.45) is 5.82. The molecule has 2 nitrogen and oxygen atoms in total. The zero-order chi connectivity index (χ0) is 12.4. The maximum absolute atomic E-state index is 10.1. The fourth-order valence-electron chi connectivity index (χ4n) is 3.60. The van der Waals surface area contributed by atoms with Crippen LogP contribution in [0.4, 0.5) is 0 Å². The van der Waals surface area contributed by atoms with Gasteiger partial charge < -0.3 is 5.11 Å². The first-order valence-electron chi connectivity index (χ1n) is 7.31. The molecule has 1 aliphatic heterocycles. The molecule has 2 unspecified atom stereocenters. The largest absolute Gasteiger partial charge is 0.391 e. The van der Waals surface area contributed by atoms with E-state index in [1.165, 1.54) is 31.2 Å². The molecule has 2 heteroatoms. The molecule has 0 bridgehead atoms. The van der Waals surface area contributed by atoms with Crippen molar-refractivity contribution in [2.75, 3.05) is 13.1 Å². The molecule has 2 fully saturated rings. The minimum atomic E-state index is -0.0896. The first kappa shape index (κ1) is 12.2. The quantitative estimate of drug-likeness (QED) is 0.866. The van der Waals surface area contributed by atoms with Gasteiger partial charge in [-0.3, -0.25) is 4.90 Å². The third-order valence-corrected chi connectivity index (χ3v) is 4.65. The molecule has 0 amide bonds. The molecule has 0 aromatic heterocycles. The van der Waals surface area contributed by atoms with Crippen LogP contribution in [-0.2, 0) is 0 Å². The highest BCUT2D eigenvalue weighted by atomic mass is 16.3. The van der Waals surface area contributed by atoms with E-state index in [4.69, 9.17) is 0 Å². The van der Waals surface area contributed by atoms with Crippen molar-refractivity contribution in [3.63, 3.8) is 0 Å². The van der Waals surface area contributed by atoms with Crippen LogP contribution in [0.15, 0.2) is 30.3 Å². The first-order valence-corrected chi connectivity index (χ1v) is 7.31. The Hall–Kier alpha value is -0.860. The topological polar surface area (TPSA) is 23.5 Å². The van der Waals surface area contributed by atoms with Gasteiger partial charge in [0.15, 0.2) is 0 Å². The molecule has 3 atom stereocenters. The van der Waals surface area contributed by atoms with Gasteiger partial charge in [0.25, 0.3) is 0 Å². The molecule has 1 saturated carbocycles. The summed E-state index contributed by atoms with van der Waals surface area (Å²) in [5.41, 5.74) is 1.46. The average Bonchev–Trinajstić information content (AvgIpc) is 2.90. The molecule has 0 spiro atoms. The Morgan fingerprint density at radius 1 is 1.00 bits per heavy atom. The Bertz CT molecular complexity index is 378. The fraction of sp³-hybridized carbons (Fsp3) is 0.625. The molecule has 18 heavy (non-hydrogen) atoms. The minimum absolute atomic E-state index is 0.0896. The first-order chi connectivity index (χ1) is 8.84. The van der Waals surface area contributed by atoms with E-state index in [2.05, 4.69) is 35.2 Å². The maximum Gasteiger partial charge on any atom is 0.0695 e. The van der Waals surface area contributed by atoms with E-state index in [0.717, 1.165) is 19.5 Å². The van der Waals surface area contributed by atoms with Gasteiger partial charge in [-0.2, -0.15) is 0 Å². The number of hydrogen-bond acceptors (Lipinski definition) is 2. The highest BCUT2D eigenvalue weighted by molar-refractivity contribution is 5.21. The summed E-state index contributed by atoms with van der Waals surface area (Å²) in [5.74, 6) is 0.667. The van der Waals surface area contributed by atoms with E-state index >= 15 is 0 Å². The second-order valence-electron chi connectivity index (χ2n) is 5.81. The second kappa shape index (κ2) is 5.41. The smallest absolute Gasteiger partial charge is 0.0695 e. The number of likely N-dealkylation sites (tertiary alicyclic amines) is 1. The zero-order valence-electron chi connectivity index (χ0n) is 11.0. The standard InChI is InChI=1S/C16H23NO/c18-16-9-5-4-8-15(16)17-11-10-14(12-17)13-6-2-1-3-7-13/h1-3,6-7,14-16,18H,4-5,8-12H2/t14?,15?,16-/m0/s1. The summed E-state index contributed by atoms with van der Waals surface area (Å²) in [6, 6.07) is 11.3. The van der Waals surface area contributed by atoms with Crippen molar-refractivity contribution in [2.24, 2.45) is 0 Å². The van der Waals surface area contributed by atoms with E-state index in [9.17, 15) is 5.11 Å². The van der Waals surface area contributed by atoms with Crippen LogP contribution < -0.4 is 0 Å². The van der Waals surface area contributed by atoms with Crippen LogP contribution in [0.5, 0.6) is 0 Å². The molecule has 1 saturated heterocycles. The lowest BCUT2D eigenvalue weighted by molar-refractivity contribution is 0.0305. The van der Waals surface area contributed by atoms with Gasteiger partial charge in [-0.1, -0.05) is 43.2 Å². The predicted octanol–water partition coefficient (Wildman–Crippen LogP) is 2.78. The third-order valence-electron chi connectivity index (χ3n) is 4.65. The van der Waals surface area contributed by atoms with Crippen LogP contribution in [-0.4, -0.2) is 35.2 Å². The monoisotopic (exact) mass is 245 g/mol. The van der Waals surface area contributed by atoms with Crippen molar-refractivity contribution in [1.29, 1.82) is 0 Å².